The first-order chi connectivity index (χ1) is 16.6. The van der Waals surface area contributed by atoms with E-state index in [9.17, 15) is 13.2 Å². The Morgan fingerprint density at radius 3 is 2.51 bits per heavy atom. The second kappa shape index (κ2) is 12.0. The van der Waals surface area contributed by atoms with Crippen LogP contribution in [0.1, 0.15) is 74.2 Å². The molecule has 0 aromatic heterocycles. The van der Waals surface area contributed by atoms with Crippen LogP contribution >= 0.6 is 0 Å². The molecule has 2 atom stereocenters. The maximum Gasteiger partial charge on any atom is 0.224 e. The van der Waals surface area contributed by atoms with E-state index in [0.717, 1.165) is 34.4 Å². The molecular formula is C28H40N2O4S. The number of sulfonamides is 1. The minimum absolute atomic E-state index is 0.0806. The first kappa shape index (κ1) is 27.2. The van der Waals surface area contributed by atoms with Crippen LogP contribution < -0.4 is 10.1 Å². The van der Waals surface area contributed by atoms with Gasteiger partial charge in [-0.1, -0.05) is 44.2 Å². The van der Waals surface area contributed by atoms with Crippen LogP contribution in [-0.4, -0.2) is 44.6 Å². The number of amides is 1. The standard InChI is InChI=1S/C28H40N2O4S/c1-20(2)25-18-26(21(3)17-27(25)34-5)22(4)29-28(31)24-14-9-15-30(19-24)35(32,33)16-10-13-23-11-7-6-8-12-23/h6-8,11-12,17-18,20,22,24H,9-10,13-16,19H2,1-5H3,(H,29,31)/t22-,24-/m0/s1. The molecule has 7 heteroatoms. The maximum absolute atomic E-state index is 13.1. The van der Waals surface area contributed by atoms with Gasteiger partial charge in [-0.05, 0) is 79.8 Å². The lowest BCUT2D eigenvalue weighted by Crippen LogP contribution is -2.46. The first-order valence-electron chi connectivity index (χ1n) is 12.6. The number of piperidine rings is 1. The second-order valence-electron chi connectivity index (χ2n) is 9.94. The Hall–Kier alpha value is -2.38. The number of ether oxygens (including phenoxy) is 1. The molecule has 192 valence electrons. The van der Waals surface area contributed by atoms with Crippen LogP contribution in [0.4, 0.5) is 0 Å². The zero-order valence-electron chi connectivity index (χ0n) is 21.7. The van der Waals surface area contributed by atoms with Gasteiger partial charge in [0.15, 0.2) is 0 Å². The lowest BCUT2D eigenvalue weighted by Gasteiger charge is -2.32. The van der Waals surface area contributed by atoms with E-state index in [-0.39, 0.29) is 30.2 Å². The molecule has 0 spiro atoms. The molecule has 1 fully saturated rings. The topological polar surface area (TPSA) is 75.7 Å². The molecule has 1 heterocycles. The highest BCUT2D eigenvalue weighted by Gasteiger charge is 2.32. The molecule has 1 aliphatic rings. The monoisotopic (exact) mass is 500 g/mol. The van der Waals surface area contributed by atoms with Crippen molar-refractivity contribution in [3.63, 3.8) is 0 Å². The largest absolute Gasteiger partial charge is 0.496 e. The number of hydrogen-bond donors (Lipinski definition) is 1. The van der Waals surface area contributed by atoms with Crippen molar-refractivity contribution in [3.8, 4) is 5.75 Å². The van der Waals surface area contributed by atoms with E-state index in [4.69, 9.17) is 4.74 Å². The highest BCUT2D eigenvalue weighted by atomic mass is 32.2. The van der Waals surface area contributed by atoms with Crippen LogP contribution in [-0.2, 0) is 21.2 Å². The van der Waals surface area contributed by atoms with Gasteiger partial charge in [-0.15, -0.1) is 0 Å². The molecule has 0 saturated carbocycles. The molecule has 6 nitrogen and oxygen atoms in total. The summed E-state index contributed by atoms with van der Waals surface area (Å²) < 4.78 is 33.0. The molecule has 2 aromatic carbocycles. The van der Waals surface area contributed by atoms with Crippen molar-refractivity contribution in [2.24, 2.45) is 5.92 Å². The summed E-state index contributed by atoms with van der Waals surface area (Å²) in [4.78, 5) is 13.1. The van der Waals surface area contributed by atoms with Crippen molar-refractivity contribution in [2.75, 3.05) is 26.0 Å². The molecule has 2 aromatic rings. The normalized spacial score (nSPS) is 17.8. The van der Waals surface area contributed by atoms with E-state index in [1.54, 1.807) is 7.11 Å². The molecular weight excluding hydrogens is 460 g/mol. The fourth-order valence-corrected chi connectivity index (χ4v) is 6.44. The molecule has 0 unspecified atom stereocenters. The van der Waals surface area contributed by atoms with Crippen LogP contribution in [0.15, 0.2) is 42.5 Å². The summed E-state index contributed by atoms with van der Waals surface area (Å²) in [5.74, 6) is 0.850. The molecule has 35 heavy (non-hydrogen) atoms. The Kier molecular flexibility index (Phi) is 9.36. The van der Waals surface area contributed by atoms with Crippen LogP contribution in [0, 0.1) is 12.8 Å². The highest BCUT2D eigenvalue weighted by molar-refractivity contribution is 7.89. The van der Waals surface area contributed by atoms with Gasteiger partial charge < -0.3 is 10.1 Å². The summed E-state index contributed by atoms with van der Waals surface area (Å²) >= 11 is 0. The Morgan fingerprint density at radius 2 is 1.86 bits per heavy atom. The minimum atomic E-state index is -3.39. The average Bonchev–Trinajstić information content (AvgIpc) is 2.84. The van der Waals surface area contributed by atoms with Crippen LogP contribution in [0.25, 0.3) is 0 Å². The third-order valence-electron chi connectivity index (χ3n) is 6.92. The van der Waals surface area contributed by atoms with E-state index in [0.29, 0.717) is 31.7 Å². The van der Waals surface area contributed by atoms with Gasteiger partial charge in [0.05, 0.1) is 24.8 Å². The number of methoxy groups -OCH3 is 1. The van der Waals surface area contributed by atoms with E-state index < -0.39 is 10.0 Å². The minimum Gasteiger partial charge on any atom is -0.496 e. The predicted octanol–water partition coefficient (Wildman–Crippen LogP) is 4.98. The Bertz CT molecular complexity index is 1100. The zero-order chi connectivity index (χ0) is 25.6. The van der Waals surface area contributed by atoms with Gasteiger partial charge in [-0.25, -0.2) is 12.7 Å². The molecule has 1 saturated heterocycles. The van der Waals surface area contributed by atoms with E-state index in [2.05, 4.69) is 25.2 Å². The maximum atomic E-state index is 13.1. The van der Waals surface area contributed by atoms with Crippen molar-refractivity contribution < 1.29 is 17.9 Å². The number of carbonyl (C=O) groups is 1. The molecule has 1 amide bonds. The predicted molar refractivity (Wildman–Crippen MR) is 141 cm³/mol. The van der Waals surface area contributed by atoms with Gasteiger partial charge in [0.25, 0.3) is 0 Å². The summed E-state index contributed by atoms with van der Waals surface area (Å²) in [5, 5.41) is 3.15. The van der Waals surface area contributed by atoms with Gasteiger partial charge in [-0.2, -0.15) is 0 Å². The van der Waals surface area contributed by atoms with Crippen molar-refractivity contribution in [1.29, 1.82) is 0 Å². The molecule has 0 aliphatic carbocycles. The van der Waals surface area contributed by atoms with Crippen molar-refractivity contribution in [1.82, 2.24) is 9.62 Å². The Balaban J connectivity index is 1.61. The number of rotatable bonds is 10. The highest BCUT2D eigenvalue weighted by Crippen LogP contribution is 2.32. The van der Waals surface area contributed by atoms with E-state index in [1.807, 2.05) is 50.2 Å². The third kappa shape index (κ3) is 7.07. The van der Waals surface area contributed by atoms with Crippen molar-refractivity contribution in [3.05, 3.63) is 64.7 Å². The number of nitrogens with one attached hydrogen (secondary N) is 1. The van der Waals surface area contributed by atoms with Gasteiger partial charge in [0, 0.05) is 13.1 Å². The van der Waals surface area contributed by atoms with Gasteiger partial charge in [0.1, 0.15) is 5.75 Å². The summed E-state index contributed by atoms with van der Waals surface area (Å²) in [6.45, 7) is 8.99. The molecule has 0 bridgehead atoms. The summed E-state index contributed by atoms with van der Waals surface area (Å²) in [7, 11) is -1.71. The fourth-order valence-electron chi connectivity index (χ4n) is 4.86. The average molecular weight is 501 g/mol. The van der Waals surface area contributed by atoms with Gasteiger partial charge in [-0.3, -0.25) is 4.79 Å². The Morgan fingerprint density at radius 1 is 1.14 bits per heavy atom. The summed E-state index contributed by atoms with van der Waals surface area (Å²) in [6, 6.07) is 13.9. The smallest absolute Gasteiger partial charge is 0.224 e. The lowest BCUT2D eigenvalue weighted by atomic mass is 9.92. The quantitative estimate of drug-likeness (QED) is 0.499. The number of benzene rings is 2. The number of carbonyl (C=O) groups excluding carboxylic acids is 1. The number of hydrogen-bond acceptors (Lipinski definition) is 4. The summed E-state index contributed by atoms with van der Waals surface area (Å²) in [5.41, 5.74) is 4.37. The molecule has 3 rings (SSSR count). The van der Waals surface area contributed by atoms with Crippen LogP contribution in [0.2, 0.25) is 0 Å². The third-order valence-corrected chi connectivity index (χ3v) is 8.85. The lowest BCUT2D eigenvalue weighted by molar-refractivity contribution is -0.126. The molecule has 1 N–H and O–H groups in total. The Labute approximate surface area is 211 Å². The van der Waals surface area contributed by atoms with Gasteiger partial charge >= 0.3 is 0 Å². The molecule has 1 aliphatic heterocycles. The number of aryl methyl sites for hydroxylation is 2. The van der Waals surface area contributed by atoms with Crippen LogP contribution in [0.3, 0.4) is 0 Å². The number of nitrogens with zero attached hydrogens (tertiary/aromatic N) is 1. The fraction of sp³-hybridized carbons (Fsp3) is 0.536. The zero-order valence-corrected chi connectivity index (χ0v) is 22.5. The SMILES string of the molecule is COc1cc(C)c([C@H](C)NC(=O)[C@H]2CCCN(S(=O)(=O)CCCc3ccccc3)C2)cc1C(C)C. The first-order valence-corrected chi connectivity index (χ1v) is 14.2. The molecule has 0 radical (unpaired) electrons. The summed E-state index contributed by atoms with van der Waals surface area (Å²) in [6.07, 6.45) is 2.71. The second-order valence-corrected chi connectivity index (χ2v) is 12.0. The van der Waals surface area contributed by atoms with Crippen molar-refractivity contribution >= 4 is 15.9 Å². The van der Waals surface area contributed by atoms with Gasteiger partial charge in [0.2, 0.25) is 15.9 Å². The van der Waals surface area contributed by atoms with Crippen LogP contribution in [0.5, 0.6) is 5.75 Å². The van der Waals surface area contributed by atoms with E-state index in [1.165, 1.54) is 4.31 Å². The van der Waals surface area contributed by atoms with E-state index >= 15 is 0 Å². The van der Waals surface area contributed by atoms with Crippen molar-refractivity contribution in [2.45, 2.75) is 65.3 Å².